The van der Waals surface area contributed by atoms with Gasteiger partial charge in [-0.15, -0.1) is 0 Å². The molecule has 16 heteroatoms. The third kappa shape index (κ3) is 12.8. The van der Waals surface area contributed by atoms with Crippen LogP contribution in [-0.4, -0.2) is 77.5 Å². The van der Waals surface area contributed by atoms with Crippen molar-refractivity contribution in [3.05, 3.63) is 66.6 Å². The lowest BCUT2D eigenvalue weighted by Gasteiger charge is -2.58. The highest BCUT2D eigenvalue weighted by Crippen LogP contribution is 2.67. The predicted molar refractivity (Wildman–Crippen MR) is 285 cm³/mol. The summed E-state index contributed by atoms with van der Waals surface area (Å²) in [6, 6.07) is 0.341. The van der Waals surface area contributed by atoms with Crippen molar-refractivity contribution in [2.45, 2.75) is 214 Å². The molecular formula is C57H89N6O9P. The molecular weight excluding hydrogens is 944 g/mol. The molecule has 3 heterocycles. The van der Waals surface area contributed by atoms with Crippen LogP contribution in [0.15, 0.2) is 33.0 Å². The van der Waals surface area contributed by atoms with Gasteiger partial charge in [-0.1, -0.05) is 83.9 Å². The fourth-order valence-corrected chi connectivity index (χ4v) is 16.0. The number of nitrogens with one attached hydrogen (secondary N) is 4. The number of rotatable bonds is 22. The number of hydrogen-bond donors (Lipinski definition) is 4. The van der Waals surface area contributed by atoms with E-state index < -0.39 is 20.3 Å². The molecule has 4 N–H and O–H groups in total. The van der Waals surface area contributed by atoms with E-state index in [1.54, 1.807) is 18.4 Å². The highest BCUT2D eigenvalue weighted by molar-refractivity contribution is 7.51. The van der Waals surface area contributed by atoms with Gasteiger partial charge in [-0.2, -0.15) is 9.40 Å². The van der Waals surface area contributed by atoms with Gasteiger partial charge in [-0.25, -0.2) is 9.31 Å². The van der Waals surface area contributed by atoms with Gasteiger partial charge in [0.05, 0.1) is 25.8 Å². The fraction of sp³-hybridized carbons (Fsp3) is 0.772. The summed E-state index contributed by atoms with van der Waals surface area (Å²) in [5, 5.41) is 13.6. The van der Waals surface area contributed by atoms with Crippen LogP contribution in [0, 0.1) is 61.2 Å². The predicted octanol–water partition coefficient (Wildman–Crippen LogP) is 9.18. The van der Waals surface area contributed by atoms with E-state index in [-0.39, 0.29) is 41.1 Å². The van der Waals surface area contributed by atoms with E-state index in [2.05, 4.69) is 70.7 Å². The Hall–Kier alpha value is -3.62. The second kappa shape index (κ2) is 24.6. The summed E-state index contributed by atoms with van der Waals surface area (Å²) in [5.74, 6) is 3.02. The topological polar surface area (TPSA) is 179 Å². The van der Waals surface area contributed by atoms with Gasteiger partial charge in [0.2, 0.25) is 0 Å². The van der Waals surface area contributed by atoms with Gasteiger partial charge >= 0.3 is 17.9 Å². The molecule has 0 radical (unpaired) electrons. The second-order valence-corrected chi connectivity index (χ2v) is 25.5. The van der Waals surface area contributed by atoms with Crippen LogP contribution in [0.2, 0.25) is 0 Å². The summed E-state index contributed by atoms with van der Waals surface area (Å²) in [6.07, 6.45) is 29.0. The minimum atomic E-state index is -0.698. The summed E-state index contributed by atoms with van der Waals surface area (Å²) in [7, 11) is 0.579. The van der Waals surface area contributed by atoms with Crippen LogP contribution in [-0.2, 0) is 40.0 Å². The number of fused-ring (bicyclic) bond motifs is 6. The van der Waals surface area contributed by atoms with Crippen LogP contribution in [0.3, 0.4) is 0 Å². The minimum Gasteiger partial charge on any atom is -0.461 e. The number of ether oxygens (including phenoxy) is 1. The number of aryl methyl sites for hydroxylation is 1. The number of carbonyl (C=O) groups is 3. The average Bonchev–Trinajstić information content (AvgIpc) is 3.82. The Morgan fingerprint density at radius 3 is 2.36 bits per heavy atom. The Balaban J connectivity index is 0.000000349. The molecule has 11 atom stereocenters. The number of aromatic nitrogens is 2. The molecule has 406 valence electrons. The Morgan fingerprint density at radius 2 is 1.63 bits per heavy atom. The normalized spacial score (nSPS) is 30.8. The zero-order valence-corrected chi connectivity index (χ0v) is 46.4. The number of hydrogen-bond acceptors (Lipinski definition) is 13. The molecule has 4 saturated carbocycles. The number of esters is 1. The van der Waals surface area contributed by atoms with E-state index in [1.807, 2.05) is 6.92 Å². The lowest BCUT2D eigenvalue weighted by molar-refractivity contribution is -0.253. The molecule has 0 amide bonds. The van der Waals surface area contributed by atoms with Gasteiger partial charge in [0.25, 0.3) is 11.1 Å². The lowest BCUT2D eigenvalue weighted by Crippen LogP contribution is -2.51. The van der Waals surface area contributed by atoms with Crippen LogP contribution in [0.5, 0.6) is 0 Å². The third-order valence-corrected chi connectivity index (χ3v) is 20.5. The van der Waals surface area contributed by atoms with E-state index in [1.165, 1.54) is 99.9 Å². The smallest absolute Gasteiger partial charge is 0.355 e. The maximum Gasteiger partial charge on any atom is 0.355 e. The molecule has 1 saturated heterocycles. The molecule has 11 unspecified atom stereocenters. The Kier molecular flexibility index (Phi) is 18.7. The first-order valence-corrected chi connectivity index (χ1v) is 29.8. The molecule has 1 aliphatic heterocycles. The number of nitrogens with zero attached hydrogens (tertiary/aromatic N) is 2. The van der Waals surface area contributed by atoms with Crippen molar-refractivity contribution in [1.29, 1.82) is 0 Å². The van der Waals surface area contributed by atoms with Crippen molar-refractivity contribution in [2.75, 3.05) is 26.4 Å². The quantitative estimate of drug-likeness (QED) is 0.0219. The zero-order chi connectivity index (χ0) is 52.0. The van der Waals surface area contributed by atoms with Crippen LogP contribution in [0.25, 0.3) is 0 Å². The third-order valence-electron chi connectivity index (χ3n) is 18.8. The van der Waals surface area contributed by atoms with Gasteiger partial charge in [-0.3, -0.25) is 34.5 Å². The van der Waals surface area contributed by atoms with Crippen LogP contribution < -0.4 is 32.2 Å². The summed E-state index contributed by atoms with van der Waals surface area (Å²) in [5.41, 5.74) is 5.67. The molecule has 15 nitrogen and oxygen atoms in total. The van der Waals surface area contributed by atoms with Crippen molar-refractivity contribution in [3.8, 4) is 0 Å². The molecule has 0 bridgehead atoms. The monoisotopic (exact) mass is 1030 g/mol. The first-order valence-electron chi connectivity index (χ1n) is 28.4. The zero-order valence-electron chi connectivity index (χ0n) is 45.5. The minimum absolute atomic E-state index is 0.0335. The van der Waals surface area contributed by atoms with Crippen molar-refractivity contribution in [1.82, 2.24) is 30.1 Å². The summed E-state index contributed by atoms with van der Waals surface area (Å²) < 4.78 is 14.5. The fourth-order valence-electron chi connectivity index (χ4n) is 14.4. The molecule has 0 aromatic carbocycles. The molecule has 5 fully saturated rings. The van der Waals surface area contributed by atoms with Gasteiger partial charge in [0.15, 0.2) is 8.30 Å². The molecule has 2 aromatic rings. The van der Waals surface area contributed by atoms with Gasteiger partial charge in [0, 0.05) is 60.1 Å². The number of carbonyl (C=O) groups excluding carboxylic acids is 3. The van der Waals surface area contributed by atoms with Crippen LogP contribution in [0.4, 0.5) is 0 Å². The first-order chi connectivity index (χ1) is 35.0. The maximum atomic E-state index is 13.7. The van der Waals surface area contributed by atoms with E-state index >= 15 is 0 Å². The highest BCUT2D eigenvalue weighted by Gasteiger charge is 2.58. The Labute approximate surface area is 435 Å². The number of allylic oxidation sites excluding steroid dienone is 3. The standard InChI is InChI=1S/C45H70N4O7.C12H19N2O2P/c1-28(2)13-9-10-14-32-17-19-36-35-18-16-33-25-34(20-22-45(33,7)37(35)21-23-44(32,36)6)55-43(53)38(47-27-40(50)56-54-8)15-11-12-24-46-26-39-30(4)42(52)49-41(51)29(3)31(5)48(39)49;15-12-7-8-17(16-12)14-11-4-2-1-3-10(11)13-9-5-6-9/h16,28,32,34-38,46-47H,9-15,17-27H2,1-8H3;5,10-11,13-14H,1-4,6-8H2. The van der Waals surface area contributed by atoms with E-state index in [9.17, 15) is 24.0 Å². The van der Waals surface area contributed by atoms with E-state index in [0.29, 0.717) is 66.9 Å². The first kappa shape index (κ1) is 55.6. The van der Waals surface area contributed by atoms with Crippen molar-refractivity contribution >= 4 is 26.2 Å². The Bertz CT molecular complexity index is 2430. The molecule has 2 aromatic heterocycles. The maximum absolute atomic E-state index is 13.7. The average molecular weight is 1030 g/mol. The highest BCUT2D eigenvalue weighted by atomic mass is 31.2. The molecule has 0 spiro atoms. The molecule has 7 aliphatic rings. The summed E-state index contributed by atoms with van der Waals surface area (Å²) in [4.78, 5) is 71.5. The largest absolute Gasteiger partial charge is 0.461 e. The van der Waals surface area contributed by atoms with Crippen molar-refractivity contribution < 1.29 is 33.4 Å². The number of unbranched alkanes of at least 4 members (excludes halogenated alkanes) is 2. The summed E-state index contributed by atoms with van der Waals surface area (Å²) >= 11 is 0. The lowest BCUT2D eigenvalue weighted by atomic mass is 9.47. The van der Waals surface area contributed by atoms with Crippen LogP contribution in [0.1, 0.15) is 185 Å². The SMILES string of the molecule is COOC(=O)CNC(CCCCNCc1c(C)c(=O)n2c(=O)c(C)c(C)n12)C(=O)OC1CCC2(C)C(=CCC3C2CCC2(C)C(CCCCC(C)C)CCC32)C1.O=C1CCP(NC2CCCCC2NC2=CC2)O1. The molecule has 6 aliphatic carbocycles. The van der Waals surface area contributed by atoms with E-state index in [0.717, 1.165) is 79.7 Å². The van der Waals surface area contributed by atoms with E-state index in [4.69, 9.17) is 9.26 Å². The molecule has 73 heavy (non-hydrogen) atoms. The van der Waals surface area contributed by atoms with Crippen molar-refractivity contribution in [3.63, 3.8) is 0 Å². The summed E-state index contributed by atoms with van der Waals surface area (Å²) in [6.45, 7) is 16.1. The van der Waals surface area contributed by atoms with Gasteiger partial charge in [-0.05, 0) is 145 Å². The van der Waals surface area contributed by atoms with Gasteiger partial charge < -0.3 is 19.9 Å². The van der Waals surface area contributed by atoms with Crippen molar-refractivity contribution in [2.24, 2.45) is 40.4 Å². The van der Waals surface area contributed by atoms with Crippen LogP contribution >= 0.6 is 8.30 Å². The molecule has 9 rings (SSSR count). The Morgan fingerprint density at radius 1 is 0.877 bits per heavy atom. The van der Waals surface area contributed by atoms with Gasteiger partial charge in [0.1, 0.15) is 12.1 Å². The second-order valence-electron chi connectivity index (χ2n) is 23.8.